The van der Waals surface area contributed by atoms with Gasteiger partial charge in [0.2, 0.25) is 5.91 Å². The maximum absolute atomic E-state index is 11.6. The number of nitrogens with one attached hydrogen (secondary N) is 1. The van der Waals surface area contributed by atoms with Crippen LogP contribution in [0.15, 0.2) is 12.2 Å². The van der Waals surface area contributed by atoms with Crippen molar-refractivity contribution in [2.24, 2.45) is 17.6 Å². The Bertz CT molecular complexity index is 312. The molecule has 1 aliphatic carbocycles. The molecular weight excluding hydrogens is 208 g/mol. The highest BCUT2D eigenvalue weighted by atomic mass is 16.4. The van der Waals surface area contributed by atoms with Crippen LogP contribution in [0.25, 0.3) is 0 Å². The van der Waals surface area contributed by atoms with E-state index in [9.17, 15) is 9.59 Å². The topological polar surface area (TPSA) is 92.4 Å². The van der Waals surface area contributed by atoms with E-state index in [0.717, 1.165) is 0 Å². The second kappa shape index (κ2) is 5.12. The molecule has 1 rings (SSSR count). The van der Waals surface area contributed by atoms with Crippen molar-refractivity contribution in [3.63, 3.8) is 0 Å². The Morgan fingerprint density at radius 1 is 1.44 bits per heavy atom. The van der Waals surface area contributed by atoms with Crippen LogP contribution in [-0.4, -0.2) is 29.1 Å². The first kappa shape index (κ1) is 12.7. The van der Waals surface area contributed by atoms with Crippen molar-refractivity contribution in [1.82, 2.24) is 5.32 Å². The van der Waals surface area contributed by atoms with Crippen molar-refractivity contribution < 1.29 is 14.7 Å². The van der Waals surface area contributed by atoms with E-state index in [1.54, 1.807) is 12.2 Å². The highest BCUT2D eigenvalue weighted by molar-refractivity contribution is 5.82. The lowest BCUT2D eigenvalue weighted by molar-refractivity contribution is -0.140. The monoisotopic (exact) mass is 226 g/mol. The van der Waals surface area contributed by atoms with Crippen LogP contribution >= 0.6 is 0 Å². The second-order valence-electron chi connectivity index (χ2n) is 4.45. The minimum absolute atomic E-state index is 0.0700. The predicted octanol–water partition coefficient (Wildman–Crippen LogP) is 0.115. The number of carbonyl (C=O) groups is 2. The molecule has 0 aromatic rings. The van der Waals surface area contributed by atoms with Crippen LogP contribution in [0.2, 0.25) is 0 Å². The lowest BCUT2D eigenvalue weighted by Gasteiger charge is -2.18. The molecule has 0 saturated carbocycles. The fourth-order valence-corrected chi connectivity index (χ4v) is 1.57. The standard InChI is InChI=1S/C11H18N2O3/c1-6(2)9(12)10(14)13-8-4-3-7(5-8)11(15)16/h3-4,6-9H,5,12H2,1-2H3,(H,13,14)(H,15,16)/t7?,8?,9-/m1/s1. The quantitative estimate of drug-likeness (QED) is 0.593. The number of amides is 1. The van der Waals surface area contributed by atoms with Crippen LogP contribution < -0.4 is 11.1 Å². The molecule has 0 spiro atoms. The summed E-state index contributed by atoms with van der Waals surface area (Å²) in [6, 6.07) is -0.754. The third-order valence-electron chi connectivity index (χ3n) is 2.75. The fourth-order valence-electron chi connectivity index (χ4n) is 1.57. The lowest BCUT2D eigenvalue weighted by Crippen LogP contribution is -2.47. The van der Waals surface area contributed by atoms with Gasteiger partial charge in [0.05, 0.1) is 12.0 Å². The van der Waals surface area contributed by atoms with Crippen LogP contribution in [-0.2, 0) is 9.59 Å². The van der Waals surface area contributed by atoms with Crippen LogP contribution in [0.1, 0.15) is 20.3 Å². The Morgan fingerprint density at radius 3 is 2.50 bits per heavy atom. The van der Waals surface area contributed by atoms with Gasteiger partial charge in [0.1, 0.15) is 0 Å². The van der Waals surface area contributed by atoms with Gasteiger partial charge in [0.25, 0.3) is 0 Å². The highest BCUT2D eigenvalue weighted by Crippen LogP contribution is 2.18. The lowest BCUT2D eigenvalue weighted by atomic mass is 10.0. The Kier molecular flexibility index (Phi) is 4.06. The molecule has 0 saturated heterocycles. The summed E-state index contributed by atoms with van der Waals surface area (Å²) in [7, 11) is 0. The van der Waals surface area contributed by atoms with Crippen molar-refractivity contribution in [2.45, 2.75) is 32.4 Å². The number of carboxylic acids is 1. The minimum Gasteiger partial charge on any atom is -0.481 e. The summed E-state index contributed by atoms with van der Waals surface area (Å²) in [4.78, 5) is 22.3. The highest BCUT2D eigenvalue weighted by Gasteiger charge is 2.27. The fraction of sp³-hybridized carbons (Fsp3) is 0.636. The molecular formula is C11H18N2O3. The SMILES string of the molecule is CC(C)[C@@H](N)C(=O)NC1C=CC(C(=O)O)C1. The number of rotatable bonds is 4. The van der Waals surface area contributed by atoms with E-state index >= 15 is 0 Å². The van der Waals surface area contributed by atoms with Crippen LogP contribution in [0.5, 0.6) is 0 Å². The normalized spacial score (nSPS) is 25.8. The van der Waals surface area contributed by atoms with Gasteiger partial charge in [-0.1, -0.05) is 26.0 Å². The van der Waals surface area contributed by atoms with Crippen molar-refractivity contribution in [2.75, 3.05) is 0 Å². The largest absolute Gasteiger partial charge is 0.481 e. The zero-order valence-electron chi connectivity index (χ0n) is 9.51. The van der Waals surface area contributed by atoms with Gasteiger partial charge in [-0.25, -0.2) is 0 Å². The van der Waals surface area contributed by atoms with Crippen molar-refractivity contribution in [3.8, 4) is 0 Å². The number of hydrogen-bond donors (Lipinski definition) is 3. The summed E-state index contributed by atoms with van der Waals surface area (Å²) in [5.74, 6) is -1.52. The van der Waals surface area contributed by atoms with Gasteiger partial charge >= 0.3 is 5.97 Å². The summed E-state index contributed by atoms with van der Waals surface area (Å²) < 4.78 is 0. The van der Waals surface area contributed by atoms with Gasteiger partial charge in [0.15, 0.2) is 0 Å². The Labute approximate surface area is 94.7 Å². The average molecular weight is 226 g/mol. The first-order valence-electron chi connectivity index (χ1n) is 5.39. The molecule has 16 heavy (non-hydrogen) atoms. The first-order valence-corrected chi connectivity index (χ1v) is 5.39. The van der Waals surface area contributed by atoms with E-state index in [-0.39, 0.29) is 17.9 Å². The minimum atomic E-state index is -0.860. The molecule has 0 bridgehead atoms. The average Bonchev–Trinajstić information content (AvgIpc) is 2.64. The van der Waals surface area contributed by atoms with Crippen molar-refractivity contribution in [3.05, 3.63) is 12.2 Å². The molecule has 3 atom stereocenters. The molecule has 0 aromatic carbocycles. The molecule has 0 radical (unpaired) electrons. The smallest absolute Gasteiger partial charge is 0.310 e. The summed E-state index contributed by atoms with van der Waals surface area (Å²) >= 11 is 0. The van der Waals surface area contributed by atoms with Gasteiger partial charge in [-0.3, -0.25) is 9.59 Å². The number of aliphatic carboxylic acids is 1. The Hall–Kier alpha value is -1.36. The maximum atomic E-state index is 11.6. The maximum Gasteiger partial charge on any atom is 0.310 e. The third kappa shape index (κ3) is 3.06. The number of carbonyl (C=O) groups excluding carboxylic acids is 1. The van der Waals surface area contributed by atoms with Crippen LogP contribution in [0.4, 0.5) is 0 Å². The van der Waals surface area contributed by atoms with Crippen LogP contribution in [0, 0.1) is 11.8 Å². The van der Waals surface area contributed by atoms with E-state index in [4.69, 9.17) is 10.8 Å². The molecule has 0 fully saturated rings. The van der Waals surface area contributed by atoms with E-state index in [1.165, 1.54) is 0 Å². The molecule has 4 N–H and O–H groups in total. The van der Waals surface area contributed by atoms with Crippen LogP contribution in [0.3, 0.4) is 0 Å². The number of hydrogen-bond acceptors (Lipinski definition) is 3. The molecule has 2 unspecified atom stereocenters. The Balaban J connectivity index is 2.44. The third-order valence-corrected chi connectivity index (χ3v) is 2.75. The second-order valence-corrected chi connectivity index (χ2v) is 4.45. The molecule has 5 nitrogen and oxygen atoms in total. The van der Waals surface area contributed by atoms with Gasteiger partial charge in [0, 0.05) is 6.04 Å². The van der Waals surface area contributed by atoms with Gasteiger partial charge in [-0.05, 0) is 12.3 Å². The summed E-state index contributed by atoms with van der Waals surface area (Å²) in [5, 5.41) is 11.5. The summed E-state index contributed by atoms with van der Waals surface area (Å²) in [6.07, 6.45) is 3.73. The van der Waals surface area contributed by atoms with Gasteiger partial charge in [-0.15, -0.1) is 0 Å². The molecule has 0 heterocycles. The van der Waals surface area contributed by atoms with E-state index in [1.807, 2.05) is 13.8 Å². The van der Waals surface area contributed by atoms with Crippen molar-refractivity contribution in [1.29, 1.82) is 0 Å². The summed E-state index contributed by atoms with van der Waals surface area (Å²) in [5.41, 5.74) is 5.68. The summed E-state index contributed by atoms with van der Waals surface area (Å²) in [6.45, 7) is 3.74. The molecule has 1 amide bonds. The Morgan fingerprint density at radius 2 is 2.06 bits per heavy atom. The molecule has 5 heteroatoms. The molecule has 90 valence electrons. The van der Waals surface area contributed by atoms with E-state index < -0.39 is 17.9 Å². The molecule has 1 aliphatic rings. The molecule has 0 aliphatic heterocycles. The first-order chi connectivity index (χ1) is 7.41. The van der Waals surface area contributed by atoms with E-state index in [2.05, 4.69) is 5.32 Å². The molecule has 0 aromatic heterocycles. The number of carboxylic acid groups (broad SMARTS) is 1. The number of nitrogens with two attached hydrogens (primary N) is 1. The van der Waals surface area contributed by atoms with Gasteiger partial charge in [-0.2, -0.15) is 0 Å². The van der Waals surface area contributed by atoms with Gasteiger partial charge < -0.3 is 16.2 Å². The predicted molar refractivity (Wildman–Crippen MR) is 59.6 cm³/mol. The zero-order valence-corrected chi connectivity index (χ0v) is 9.51. The van der Waals surface area contributed by atoms with E-state index in [0.29, 0.717) is 6.42 Å². The van der Waals surface area contributed by atoms with Crippen molar-refractivity contribution >= 4 is 11.9 Å². The zero-order chi connectivity index (χ0) is 12.3.